The standard InChI is InChI=1S/C14H12F3NO2/c15-14(16,17)20-13-3-1-2-11(8-13)4-6-18-7-5-12(9-18)10-19/h1-3,5,7-10H,4,6H2. The first-order valence-electron chi connectivity index (χ1n) is 5.92. The van der Waals surface area contributed by atoms with Gasteiger partial charge in [0.1, 0.15) is 5.75 Å². The summed E-state index contributed by atoms with van der Waals surface area (Å²) >= 11 is 0. The minimum Gasteiger partial charge on any atom is -0.406 e. The van der Waals surface area contributed by atoms with Crippen LogP contribution in [0.4, 0.5) is 13.2 Å². The van der Waals surface area contributed by atoms with Crippen LogP contribution in [0.2, 0.25) is 0 Å². The quantitative estimate of drug-likeness (QED) is 0.787. The van der Waals surface area contributed by atoms with E-state index in [0.717, 1.165) is 11.8 Å². The molecule has 0 bridgehead atoms. The number of rotatable bonds is 5. The van der Waals surface area contributed by atoms with E-state index < -0.39 is 6.36 Å². The second kappa shape index (κ2) is 5.81. The van der Waals surface area contributed by atoms with E-state index in [1.807, 2.05) is 0 Å². The second-order valence-corrected chi connectivity index (χ2v) is 4.25. The molecule has 0 radical (unpaired) electrons. The Labute approximate surface area is 113 Å². The molecule has 0 atom stereocenters. The highest BCUT2D eigenvalue weighted by Gasteiger charge is 2.31. The number of hydrogen-bond donors (Lipinski definition) is 0. The van der Waals surface area contributed by atoms with E-state index in [-0.39, 0.29) is 5.75 Å². The van der Waals surface area contributed by atoms with Crippen LogP contribution < -0.4 is 4.74 Å². The normalized spacial score (nSPS) is 11.3. The fourth-order valence-corrected chi connectivity index (χ4v) is 1.82. The summed E-state index contributed by atoms with van der Waals surface area (Å²) in [5.41, 5.74) is 1.30. The van der Waals surface area contributed by atoms with Crippen molar-refractivity contribution in [2.75, 3.05) is 0 Å². The van der Waals surface area contributed by atoms with E-state index in [9.17, 15) is 18.0 Å². The average Bonchev–Trinajstić information content (AvgIpc) is 2.83. The van der Waals surface area contributed by atoms with E-state index in [4.69, 9.17) is 0 Å². The molecule has 0 saturated carbocycles. The van der Waals surface area contributed by atoms with Crippen molar-refractivity contribution >= 4 is 6.29 Å². The number of carbonyl (C=O) groups excluding carboxylic acids is 1. The van der Waals surface area contributed by atoms with E-state index in [2.05, 4.69) is 4.74 Å². The van der Waals surface area contributed by atoms with Gasteiger partial charge in [-0.1, -0.05) is 12.1 Å². The smallest absolute Gasteiger partial charge is 0.406 e. The SMILES string of the molecule is O=Cc1ccn(CCc2cccc(OC(F)(F)F)c2)c1. The number of carbonyl (C=O) groups is 1. The summed E-state index contributed by atoms with van der Waals surface area (Å²) < 4.78 is 42.0. The molecule has 20 heavy (non-hydrogen) atoms. The number of aryl methyl sites for hydroxylation is 2. The summed E-state index contributed by atoms with van der Waals surface area (Å²) in [5, 5.41) is 0. The van der Waals surface area contributed by atoms with Gasteiger partial charge >= 0.3 is 6.36 Å². The van der Waals surface area contributed by atoms with Gasteiger partial charge in [0.15, 0.2) is 6.29 Å². The third-order valence-electron chi connectivity index (χ3n) is 2.70. The van der Waals surface area contributed by atoms with Gasteiger partial charge in [-0.2, -0.15) is 0 Å². The molecule has 106 valence electrons. The predicted octanol–water partition coefficient (Wildman–Crippen LogP) is 3.44. The van der Waals surface area contributed by atoms with Crippen LogP contribution in [0, 0.1) is 0 Å². The maximum atomic E-state index is 12.1. The van der Waals surface area contributed by atoms with Gasteiger partial charge in [-0.3, -0.25) is 4.79 Å². The lowest BCUT2D eigenvalue weighted by molar-refractivity contribution is -0.274. The van der Waals surface area contributed by atoms with Gasteiger partial charge in [0.25, 0.3) is 0 Å². The van der Waals surface area contributed by atoms with Crippen molar-refractivity contribution < 1.29 is 22.7 Å². The highest BCUT2D eigenvalue weighted by molar-refractivity contribution is 5.74. The molecule has 0 amide bonds. The summed E-state index contributed by atoms with van der Waals surface area (Å²) in [4.78, 5) is 10.5. The molecule has 0 aliphatic heterocycles. The van der Waals surface area contributed by atoms with E-state index in [1.165, 1.54) is 18.2 Å². The maximum absolute atomic E-state index is 12.1. The third kappa shape index (κ3) is 4.15. The molecule has 1 aromatic carbocycles. The van der Waals surface area contributed by atoms with Crippen LogP contribution in [-0.2, 0) is 13.0 Å². The Hall–Kier alpha value is -2.24. The molecule has 1 heterocycles. The topological polar surface area (TPSA) is 31.2 Å². The molecule has 2 rings (SSSR count). The first-order valence-corrected chi connectivity index (χ1v) is 5.92. The molecule has 0 aliphatic carbocycles. The lowest BCUT2D eigenvalue weighted by atomic mass is 10.1. The average molecular weight is 283 g/mol. The predicted molar refractivity (Wildman–Crippen MR) is 66.6 cm³/mol. The second-order valence-electron chi connectivity index (χ2n) is 4.25. The van der Waals surface area contributed by atoms with Gasteiger partial charge in [-0.25, -0.2) is 0 Å². The molecule has 1 aromatic heterocycles. The largest absolute Gasteiger partial charge is 0.573 e. The number of benzene rings is 1. The summed E-state index contributed by atoms with van der Waals surface area (Å²) in [6.07, 6.45) is 0.0388. The number of aromatic nitrogens is 1. The molecule has 0 aliphatic rings. The Balaban J connectivity index is 1.99. The minimum absolute atomic E-state index is 0.226. The number of hydrogen-bond acceptors (Lipinski definition) is 2. The first-order chi connectivity index (χ1) is 9.46. The molecule has 0 fully saturated rings. The monoisotopic (exact) mass is 283 g/mol. The van der Waals surface area contributed by atoms with Crippen LogP contribution in [-0.4, -0.2) is 17.2 Å². The van der Waals surface area contributed by atoms with Crippen molar-refractivity contribution in [3.05, 3.63) is 53.9 Å². The molecule has 0 spiro atoms. The van der Waals surface area contributed by atoms with Crippen LogP contribution in [0.1, 0.15) is 15.9 Å². The fraction of sp³-hybridized carbons (Fsp3) is 0.214. The molecule has 6 heteroatoms. The van der Waals surface area contributed by atoms with Crippen LogP contribution in [0.5, 0.6) is 5.75 Å². The van der Waals surface area contributed by atoms with Gasteiger partial charge < -0.3 is 9.30 Å². The van der Waals surface area contributed by atoms with Crippen molar-refractivity contribution in [1.82, 2.24) is 4.57 Å². The van der Waals surface area contributed by atoms with E-state index in [1.54, 1.807) is 29.1 Å². The van der Waals surface area contributed by atoms with Gasteiger partial charge in [0.05, 0.1) is 0 Å². The number of nitrogens with zero attached hydrogens (tertiary/aromatic N) is 1. The molecule has 0 saturated heterocycles. The Kier molecular flexibility index (Phi) is 4.12. The summed E-state index contributed by atoms with van der Waals surface area (Å²) in [6, 6.07) is 7.54. The minimum atomic E-state index is -4.68. The zero-order valence-electron chi connectivity index (χ0n) is 10.4. The van der Waals surface area contributed by atoms with Crippen molar-refractivity contribution in [1.29, 1.82) is 0 Å². The Morgan fingerprint density at radius 3 is 2.70 bits per heavy atom. The molecular formula is C14H12F3NO2. The number of ether oxygens (including phenoxy) is 1. The lowest BCUT2D eigenvalue weighted by Gasteiger charge is -2.10. The highest BCUT2D eigenvalue weighted by atomic mass is 19.4. The fourth-order valence-electron chi connectivity index (χ4n) is 1.82. The summed E-state index contributed by atoms with van der Waals surface area (Å²) in [5.74, 6) is -0.226. The maximum Gasteiger partial charge on any atom is 0.573 e. The van der Waals surface area contributed by atoms with Crippen molar-refractivity contribution in [2.45, 2.75) is 19.3 Å². The Morgan fingerprint density at radius 2 is 2.05 bits per heavy atom. The van der Waals surface area contributed by atoms with Crippen LogP contribution in [0.15, 0.2) is 42.7 Å². The van der Waals surface area contributed by atoms with E-state index >= 15 is 0 Å². The van der Waals surface area contributed by atoms with Crippen molar-refractivity contribution in [3.8, 4) is 5.75 Å². The number of aldehydes is 1. The number of halogens is 3. The van der Waals surface area contributed by atoms with Crippen molar-refractivity contribution in [2.24, 2.45) is 0 Å². The highest BCUT2D eigenvalue weighted by Crippen LogP contribution is 2.23. The van der Waals surface area contributed by atoms with Gasteiger partial charge in [-0.15, -0.1) is 13.2 Å². The van der Waals surface area contributed by atoms with Gasteiger partial charge in [0.2, 0.25) is 0 Å². The summed E-state index contributed by atoms with van der Waals surface area (Å²) in [7, 11) is 0. The Morgan fingerprint density at radius 1 is 1.25 bits per heavy atom. The van der Waals surface area contributed by atoms with Crippen LogP contribution in [0.3, 0.4) is 0 Å². The van der Waals surface area contributed by atoms with Crippen LogP contribution >= 0.6 is 0 Å². The molecule has 3 nitrogen and oxygen atoms in total. The lowest BCUT2D eigenvalue weighted by Crippen LogP contribution is -2.17. The molecule has 0 N–H and O–H groups in total. The van der Waals surface area contributed by atoms with Gasteiger partial charge in [-0.05, 0) is 30.2 Å². The third-order valence-corrected chi connectivity index (χ3v) is 2.70. The molecular weight excluding hydrogens is 271 g/mol. The molecule has 0 unspecified atom stereocenters. The molecule has 2 aromatic rings. The number of alkyl halides is 3. The van der Waals surface area contributed by atoms with Crippen molar-refractivity contribution in [3.63, 3.8) is 0 Å². The zero-order valence-corrected chi connectivity index (χ0v) is 10.4. The van der Waals surface area contributed by atoms with E-state index in [0.29, 0.717) is 18.5 Å². The zero-order chi connectivity index (χ0) is 14.6. The Bertz CT molecular complexity index is 590. The summed E-state index contributed by atoms with van der Waals surface area (Å²) in [6.45, 7) is 0.573. The van der Waals surface area contributed by atoms with Crippen LogP contribution in [0.25, 0.3) is 0 Å². The first kappa shape index (κ1) is 14.2. The van der Waals surface area contributed by atoms with Gasteiger partial charge in [0, 0.05) is 24.5 Å².